The number of carbonyl (C=O) groups is 1. The van der Waals surface area contributed by atoms with Crippen LogP contribution in [0, 0.1) is 5.92 Å². The molecule has 3 aromatic rings. The van der Waals surface area contributed by atoms with Crippen molar-refractivity contribution in [2.75, 3.05) is 13.1 Å². The van der Waals surface area contributed by atoms with Gasteiger partial charge in [-0.15, -0.1) is 0 Å². The highest BCUT2D eigenvalue weighted by molar-refractivity contribution is 6.06. The summed E-state index contributed by atoms with van der Waals surface area (Å²) in [5, 5.41) is 1.35. The maximum Gasteiger partial charge on any atom is 0.258 e. The number of carbonyl (C=O) groups excluding carboxylic acids is 1. The zero-order chi connectivity index (χ0) is 18.8. The molecule has 1 fully saturated rings. The highest BCUT2D eigenvalue weighted by Crippen LogP contribution is 2.24. The lowest BCUT2D eigenvalue weighted by Gasteiger charge is -2.32. The van der Waals surface area contributed by atoms with Crippen LogP contribution in [0.1, 0.15) is 28.8 Å². The van der Waals surface area contributed by atoms with E-state index in [-0.39, 0.29) is 11.5 Å². The molecule has 1 aliphatic heterocycles. The van der Waals surface area contributed by atoms with Crippen LogP contribution in [0.2, 0.25) is 0 Å². The van der Waals surface area contributed by atoms with Gasteiger partial charge in [-0.25, -0.2) is 0 Å². The fourth-order valence-electron chi connectivity index (χ4n) is 4.04. The van der Waals surface area contributed by atoms with Crippen LogP contribution in [0.3, 0.4) is 0 Å². The number of piperidine rings is 1. The number of amides is 1. The lowest BCUT2D eigenvalue weighted by Crippen LogP contribution is -2.39. The second-order valence-electron chi connectivity index (χ2n) is 7.43. The SMILES string of the molecule is Cn1cc(C(=O)N2CCC(Cc3ccccc3)CC2)c2ccccc2c1=O. The van der Waals surface area contributed by atoms with Crippen LogP contribution in [0.25, 0.3) is 10.8 Å². The smallest absolute Gasteiger partial charge is 0.258 e. The Kier molecular flexibility index (Phi) is 4.80. The van der Waals surface area contributed by atoms with Crippen LogP contribution in [0.5, 0.6) is 0 Å². The van der Waals surface area contributed by atoms with Crippen molar-refractivity contribution < 1.29 is 4.79 Å². The molecule has 0 N–H and O–H groups in total. The third-order valence-electron chi connectivity index (χ3n) is 5.59. The van der Waals surface area contributed by atoms with Crippen LogP contribution in [0.4, 0.5) is 0 Å². The Balaban J connectivity index is 1.51. The van der Waals surface area contributed by atoms with Crippen LogP contribution in [0.15, 0.2) is 65.6 Å². The van der Waals surface area contributed by atoms with Gasteiger partial charge in [-0.1, -0.05) is 48.5 Å². The summed E-state index contributed by atoms with van der Waals surface area (Å²) in [4.78, 5) is 27.4. The summed E-state index contributed by atoms with van der Waals surface area (Å²) in [5.74, 6) is 0.647. The van der Waals surface area contributed by atoms with Gasteiger partial charge in [0.05, 0.1) is 5.56 Å². The minimum absolute atomic E-state index is 0.0277. The molecule has 2 aromatic carbocycles. The minimum Gasteiger partial charge on any atom is -0.339 e. The number of aryl methyl sites for hydroxylation is 1. The number of benzene rings is 2. The fraction of sp³-hybridized carbons (Fsp3) is 0.304. The number of hydrogen-bond acceptors (Lipinski definition) is 2. The van der Waals surface area contributed by atoms with Crippen molar-refractivity contribution in [1.29, 1.82) is 0 Å². The number of aromatic nitrogens is 1. The summed E-state index contributed by atoms with van der Waals surface area (Å²) < 4.78 is 1.51. The molecule has 1 aromatic heterocycles. The van der Waals surface area contributed by atoms with Gasteiger partial charge in [0.25, 0.3) is 11.5 Å². The third kappa shape index (κ3) is 3.52. The highest BCUT2D eigenvalue weighted by Gasteiger charge is 2.25. The molecule has 0 radical (unpaired) electrons. The lowest BCUT2D eigenvalue weighted by atomic mass is 9.90. The molecule has 27 heavy (non-hydrogen) atoms. The van der Waals surface area contributed by atoms with Crippen molar-refractivity contribution >= 4 is 16.7 Å². The molecule has 138 valence electrons. The van der Waals surface area contributed by atoms with Gasteiger partial charge in [0, 0.05) is 37.1 Å². The van der Waals surface area contributed by atoms with E-state index >= 15 is 0 Å². The highest BCUT2D eigenvalue weighted by atomic mass is 16.2. The number of nitrogens with zero attached hydrogens (tertiary/aromatic N) is 2. The van der Waals surface area contributed by atoms with E-state index in [1.807, 2.05) is 29.2 Å². The molecular weight excluding hydrogens is 336 g/mol. The van der Waals surface area contributed by atoms with E-state index in [0.717, 1.165) is 37.7 Å². The van der Waals surface area contributed by atoms with E-state index in [4.69, 9.17) is 0 Å². The second-order valence-corrected chi connectivity index (χ2v) is 7.43. The first kappa shape index (κ1) is 17.5. The Morgan fingerprint density at radius 2 is 1.59 bits per heavy atom. The molecule has 1 amide bonds. The summed E-state index contributed by atoms with van der Waals surface area (Å²) in [7, 11) is 1.71. The maximum atomic E-state index is 13.2. The van der Waals surface area contributed by atoms with Crippen molar-refractivity contribution in [1.82, 2.24) is 9.47 Å². The predicted octanol–water partition coefficient (Wildman–Crippen LogP) is 3.63. The summed E-state index contributed by atoms with van der Waals surface area (Å²) >= 11 is 0. The first-order chi connectivity index (χ1) is 13.1. The van der Waals surface area contributed by atoms with Crippen molar-refractivity contribution in [2.24, 2.45) is 13.0 Å². The summed E-state index contributed by atoms with van der Waals surface area (Å²) in [6, 6.07) is 17.9. The van der Waals surface area contributed by atoms with Crippen molar-refractivity contribution in [3.63, 3.8) is 0 Å². The van der Waals surface area contributed by atoms with Gasteiger partial charge in [0.1, 0.15) is 0 Å². The first-order valence-corrected chi connectivity index (χ1v) is 9.55. The van der Waals surface area contributed by atoms with Crippen LogP contribution >= 0.6 is 0 Å². The Labute approximate surface area is 159 Å². The second kappa shape index (κ2) is 7.39. The van der Waals surface area contributed by atoms with E-state index in [9.17, 15) is 9.59 Å². The van der Waals surface area contributed by atoms with Crippen LogP contribution in [-0.2, 0) is 13.5 Å². The van der Waals surface area contributed by atoms with E-state index < -0.39 is 0 Å². The first-order valence-electron chi connectivity index (χ1n) is 9.55. The van der Waals surface area contributed by atoms with Crippen molar-refractivity contribution in [3.8, 4) is 0 Å². The van der Waals surface area contributed by atoms with Gasteiger partial charge in [0.15, 0.2) is 0 Å². The lowest BCUT2D eigenvalue weighted by molar-refractivity contribution is 0.0691. The average Bonchev–Trinajstić information content (AvgIpc) is 2.71. The standard InChI is InChI=1S/C23H24N2O2/c1-24-16-21(19-9-5-6-10-20(19)22(24)26)23(27)25-13-11-18(12-14-25)15-17-7-3-2-4-8-17/h2-10,16,18H,11-15H2,1H3. The van der Waals surface area contributed by atoms with Crippen molar-refractivity contribution in [2.45, 2.75) is 19.3 Å². The van der Waals surface area contributed by atoms with Gasteiger partial charge < -0.3 is 9.47 Å². The summed E-state index contributed by atoms with van der Waals surface area (Å²) in [6.07, 6.45) is 4.79. The molecule has 2 heterocycles. The van der Waals surface area contributed by atoms with Gasteiger partial charge >= 0.3 is 0 Å². The molecule has 0 unspecified atom stereocenters. The quantitative estimate of drug-likeness (QED) is 0.716. The Morgan fingerprint density at radius 3 is 2.30 bits per heavy atom. The third-order valence-corrected chi connectivity index (χ3v) is 5.59. The fourth-order valence-corrected chi connectivity index (χ4v) is 4.04. The van der Waals surface area contributed by atoms with Crippen LogP contribution < -0.4 is 5.56 Å². The van der Waals surface area contributed by atoms with E-state index in [2.05, 4.69) is 24.3 Å². The maximum absolute atomic E-state index is 13.2. The average molecular weight is 360 g/mol. The molecule has 4 heteroatoms. The zero-order valence-electron chi connectivity index (χ0n) is 15.6. The number of rotatable bonds is 3. The van der Waals surface area contributed by atoms with Gasteiger partial charge in [-0.2, -0.15) is 0 Å². The zero-order valence-corrected chi connectivity index (χ0v) is 15.6. The Hall–Kier alpha value is -2.88. The van der Waals surface area contributed by atoms with Crippen molar-refractivity contribution in [3.05, 3.63) is 82.3 Å². The molecule has 0 aliphatic carbocycles. The Bertz CT molecular complexity index is 1020. The van der Waals surface area contributed by atoms with E-state index in [0.29, 0.717) is 16.9 Å². The molecule has 4 nitrogen and oxygen atoms in total. The number of fused-ring (bicyclic) bond motifs is 1. The number of hydrogen-bond donors (Lipinski definition) is 0. The van der Waals surface area contributed by atoms with E-state index in [1.165, 1.54) is 10.1 Å². The predicted molar refractivity (Wildman–Crippen MR) is 108 cm³/mol. The van der Waals surface area contributed by atoms with E-state index in [1.54, 1.807) is 19.3 Å². The van der Waals surface area contributed by atoms with Gasteiger partial charge in [-0.3, -0.25) is 9.59 Å². The summed E-state index contributed by atoms with van der Waals surface area (Å²) in [5.41, 5.74) is 1.92. The molecule has 1 saturated heterocycles. The molecule has 0 bridgehead atoms. The molecule has 0 saturated carbocycles. The normalized spacial score (nSPS) is 15.2. The van der Waals surface area contributed by atoms with Gasteiger partial charge in [0.2, 0.25) is 0 Å². The minimum atomic E-state index is -0.0660. The summed E-state index contributed by atoms with van der Waals surface area (Å²) in [6.45, 7) is 1.54. The molecule has 1 aliphatic rings. The largest absolute Gasteiger partial charge is 0.339 e. The number of likely N-dealkylation sites (tertiary alicyclic amines) is 1. The van der Waals surface area contributed by atoms with Gasteiger partial charge in [-0.05, 0) is 36.8 Å². The van der Waals surface area contributed by atoms with Crippen LogP contribution in [-0.4, -0.2) is 28.5 Å². The molecule has 4 rings (SSSR count). The monoisotopic (exact) mass is 360 g/mol. The molecular formula is C23H24N2O2. The number of pyridine rings is 1. The topological polar surface area (TPSA) is 42.3 Å². The molecule has 0 spiro atoms. The Morgan fingerprint density at radius 1 is 0.963 bits per heavy atom. The molecule has 0 atom stereocenters.